The highest BCUT2D eigenvalue weighted by atomic mass is 35.5. The summed E-state index contributed by atoms with van der Waals surface area (Å²) >= 11 is 5.59. The number of aromatic nitrogens is 2. The van der Waals surface area contributed by atoms with Crippen LogP contribution >= 0.6 is 11.6 Å². The van der Waals surface area contributed by atoms with Crippen LogP contribution in [0.25, 0.3) is 0 Å². The first-order valence-corrected chi connectivity index (χ1v) is 5.37. The molecule has 1 aromatic rings. The van der Waals surface area contributed by atoms with Crippen molar-refractivity contribution in [1.82, 2.24) is 10.2 Å². The van der Waals surface area contributed by atoms with Gasteiger partial charge >= 0.3 is 6.01 Å². The van der Waals surface area contributed by atoms with Crippen LogP contribution in [-0.4, -0.2) is 22.8 Å². The summed E-state index contributed by atoms with van der Waals surface area (Å²) in [5.74, 6) is 0.744. The van der Waals surface area contributed by atoms with Crippen molar-refractivity contribution in [3.05, 3.63) is 5.89 Å². The van der Waals surface area contributed by atoms with E-state index in [0.717, 1.165) is 13.0 Å². The molecule has 1 aromatic heterocycles. The minimum atomic E-state index is 0.269. The van der Waals surface area contributed by atoms with E-state index >= 15 is 0 Å². The number of anilines is 1. The summed E-state index contributed by atoms with van der Waals surface area (Å²) in [6, 6.07) is 0.927. The van der Waals surface area contributed by atoms with Crippen LogP contribution < -0.4 is 4.90 Å². The van der Waals surface area contributed by atoms with Crippen LogP contribution in [0.2, 0.25) is 0 Å². The fourth-order valence-electron chi connectivity index (χ4n) is 1.23. The quantitative estimate of drug-likeness (QED) is 0.711. The Hall–Kier alpha value is -0.770. The van der Waals surface area contributed by atoms with Gasteiger partial charge in [0.15, 0.2) is 0 Å². The fraction of sp³-hybridized carbons (Fsp3) is 0.778. The number of nitrogens with zero attached hydrogens (tertiary/aromatic N) is 3. The lowest BCUT2D eigenvalue weighted by Crippen LogP contribution is -2.31. The Morgan fingerprint density at radius 1 is 1.43 bits per heavy atom. The molecule has 0 aromatic carbocycles. The Kier molecular flexibility index (Phi) is 4.20. The van der Waals surface area contributed by atoms with E-state index in [1.165, 1.54) is 0 Å². The van der Waals surface area contributed by atoms with Crippen molar-refractivity contribution in [2.24, 2.45) is 0 Å². The third-order valence-corrected chi connectivity index (χ3v) is 2.13. The summed E-state index contributed by atoms with van der Waals surface area (Å²) in [6.45, 7) is 7.23. The van der Waals surface area contributed by atoms with Gasteiger partial charge in [-0.1, -0.05) is 12.0 Å². The predicted octanol–water partition coefficient (Wildman–Crippen LogP) is 2.43. The standard InChI is InChI=1S/C9H16ClN3O/c1-4-5-13(7(2)3)9-12-11-8(6-10)14-9/h7H,4-6H2,1-3H3. The summed E-state index contributed by atoms with van der Waals surface area (Å²) in [5, 5.41) is 7.78. The molecule has 0 atom stereocenters. The van der Waals surface area contributed by atoms with E-state index < -0.39 is 0 Å². The number of halogens is 1. The first kappa shape index (κ1) is 11.3. The zero-order chi connectivity index (χ0) is 10.6. The van der Waals surface area contributed by atoms with Gasteiger partial charge in [0.1, 0.15) is 5.88 Å². The van der Waals surface area contributed by atoms with Gasteiger partial charge in [0.2, 0.25) is 5.89 Å². The molecule has 0 aliphatic rings. The van der Waals surface area contributed by atoms with Crippen molar-refractivity contribution in [1.29, 1.82) is 0 Å². The van der Waals surface area contributed by atoms with Gasteiger partial charge in [-0.05, 0) is 20.3 Å². The molecule has 0 N–H and O–H groups in total. The molecule has 80 valence electrons. The molecule has 0 aliphatic carbocycles. The molecule has 0 saturated heterocycles. The lowest BCUT2D eigenvalue weighted by molar-refractivity contribution is 0.483. The number of rotatable bonds is 5. The van der Waals surface area contributed by atoms with E-state index in [2.05, 4.69) is 35.9 Å². The lowest BCUT2D eigenvalue weighted by atomic mass is 10.3. The molecule has 0 bridgehead atoms. The van der Waals surface area contributed by atoms with Gasteiger partial charge < -0.3 is 9.32 Å². The highest BCUT2D eigenvalue weighted by Crippen LogP contribution is 2.16. The maximum atomic E-state index is 5.59. The second-order valence-corrected chi connectivity index (χ2v) is 3.67. The van der Waals surface area contributed by atoms with Crippen LogP contribution in [0.4, 0.5) is 6.01 Å². The van der Waals surface area contributed by atoms with Gasteiger partial charge in [0.05, 0.1) is 0 Å². The highest BCUT2D eigenvalue weighted by molar-refractivity contribution is 6.16. The third kappa shape index (κ3) is 2.61. The molecular formula is C9H16ClN3O. The Labute approximate surface area is 89.3 Å². The monoisotopic (exact) mass is 217 g/mol. The first-order valence-electron chi connectivity index (χ1n) is 4.84. The molecule has 0 spiro atoms. The van der Waals surface area contributed by atoms with Crippen molar-refractivity contribution in [2.45, 2.75) is 39.1 Å². The summed E-state index contributed by atoms with van der Waals surface area (Å²) < 4.78 is 5.38. The van der Waals surface area contributed by atoms with Crippen LogP contribution in [0.15, 0.2) is 4.42 Å². The molecule has 0 radical (unpaired) electrons. The van der Waals surface area contributed by atoms with Gasteiger partial charge in [-0.3, -0.25) is 0 Å². The summed E-state index contributed by atoms with van der Waals surface area (Å²) in [4.78, 5) is 2.07. The summed E-state index contributed by atoms with van der Waals surface area (Å²) in [6.07, 6.45) is 1.05. The van der Waals surface area contributed by atoms with Crippen LogP contribution in [0, 0.1) is 0 Å². The van der Waals surface area contributed by atoms with Crippen molar-refractivity contribution in [2.75, 3.05) is 11.4 Å². The Morgan fingerprint density at radius 3 is 2.57 bits per heavy atom. The van der Waals surface area contributed by atoms with Gasteiger partial charge in [0.25, 0.3) is 0 Å². The molecule has 0 saturated carbocycles. The van der Waals surface area contributed by atoms with Gasteiger partial charge in [-0.25, -0.2) is 0 Å². The zero-order valence-corrected chi connectivity index (χ0v) is 9.58. The lowest BCUT2D eigenvalue weighted by Gasteiger charge is -2.23. The van der Waals surface area contributed by atoms with Gasteiger partial charge in [0, 0.05) is 12.6 Å². The average molecular weight is 218 g/mol. The van der Waals surface area contributed by atoms with Crippen LogP contribution in [-0.2, 0) is 5.88 Å². The minimum Gasteiger partial charge on any atom is -0.407 e. The molecule has 1 heterocycles. The molecule has 1 rings (SSSR count). The van der Waals surface area contributed by atoms with Gasteiger partial charge in [-0.15, -0.1) is 16.7 Å². The molecule has 0 unspecified atom stereocenters. The minimum absolute atomic E-state index is 0.269. The molecule has 0 aliphatic heterocycles. The maximum Gasteiger partial charge on any atom is 0.318 e. The molecular weight excluding hydrogens is 202 g/mol. The van der Waals surface area contributed by atoms with E-state index in [0.29, 0.717) is 17.9 Å². The number of hydrogen-bond donors (Lipinski definition) is 0. The highest BCUT2D eigenvalue weighted by Gasteiger charge is 2.15. The number of hydrogen-bond acceptors (Lipinski definition) is 4. The van der Waals surface area contributed by atoms with Gasteiger partial charge in [-0.2, -0.15) is 0 Å². The molecule has 0 amide bonds. The first-order chi connectivity index (χ1) is 6.69. The van der Waals surface area contributed by atoms with Crippen molar-refractivity contribution >= 4 is 17.6 Å². The van der Waals surface area contributed by atoms with Crippen molar-refractivity contribution in [3.63, 3.8) is 0 Å². The van der Waals surface area contributed by atoms with Crippen LogP contribution in [0.3, 0.4) is 0 Å². The second kappa shape index (κ2) is 5.20. The largest absolute Gasteiger partial charge is 0.407 e. The van der Waals surface area contributed by atoms with Crippen molar-refractivity contribution in [3.8, 4) is 0 Å². The van der Waals surface area contributed by atoms with E-state index in [1.807, 2.05) is 0 Å². The van der Waals surface area contributed by atoms with Crippen LogP contribution in [0.1, 0.15) is 33.1 Å². The molecule has 5 heteroatoms. The fourth-order valence-corrected chi connectivity index (χ4v) is 1.34. The molecule has 4 nitrogen and oxygen atoms in total. The Bertz CT molecular complexity index is 275. The third-order valence-electron chi connectivity index (χ3n) is 1.90. The van der Waals surface area contributed by atoms with Crippen molar-refractivity contribution < 1.29 is 4.42 Å². The summed E-state index contributed by atoms with van der Waals surface area (Å²) in [7, 11) is 0. The maximum absolute atomic E-state index is 5.59. The average Bonchev–Trinajstić information content (AvgIpc) is 2.61. The van der Waals surface area contributed by atoms with E-state index in [-0.39, 0.29) is 5.88 Å². The zero-order valence-electron chi connectivity index (χ0n) is 8.83. The Morgan fingerprint density at radius 2 is 2.14 bits per heavy atom. The molecule has 14 heavy (non-hydrogen) atoms. The van der Waals surface area contributed by atoms with E-state index in [1.54, 1.807) is 0 Å². The Balaban J connectivity index is 2.76. The summed E-state index contributed by atoms with van der Waals surface area (Å²) in [5.41, 5.74) is 0. The van der Waals surface area contributed by atoms with E-state index in [4.69, 9.17) is 16.0 Å². The SMILES string of the molecule is CCCN(c1nnc(CCl)o1)C(C)C. The predicted molar refractivity (Wildman–Crippen MR) is 56.6 cm³/mol. The smallest absolute Gasteiger partial charge is 0.318 e. The topological polar surface area (TPSA) is 42.2 Å². The number of alkyl halides is 1. The van der Waals surface area contributed by atoms with Crippen LogP contribution in [0.5, 0.6) is 0 Å². The second-order valence-electron chi connectivity index (χ2n) is 3.40. The normalized spacial score (nSPS) is 10.9. The van der Waals surface area contributed by atoms with E-state index in [9.17, 15) is 0 Å². The molecule has 0 fully saturated rings.